The number of ether oxygens (including phenoxy) is 2. The third kappa shape index (κ3) is 4.57. The van der Waals surface area contributed by atoms with Crippen LogP contribution >= 0.6 is 11.8 Å². The number of benzene rings is 2. The van der Waals surface area contributed by atoms with Crippen LogP contribution in [0.2, 0.25) is 0 Å². The van der Waals surface area contributed by atoms with Crippen molar-refractivity contribution in [3.05, 3.63) is 53.6 Å². The van der Waals surface area contributed by atoms with E-state index >= 15 is 0 Å². The van der Waals surface area contributed by atoms with Gasteiger partial charge in [-0.3, -0.25) is 0 Å². The molecular formula is C19H19F2N3O2S. The molecule has 0 unspecified atom stereocenters. The average Bonchev–Trinajstić information content (AvgIpc) is 3.01. The Bertz CT molecular complexity index is 931. The van der Waals surface area contributed by atoms with Crippen molar-refractivity contribution in [1.82, 2.24) is 14.8 Å². The lowest BCUT2D eigenvalue weighted by Gasteiger charge is -2.11. The van der Waals surface area contributed by atoms with E-state index in [1.165, 1.54) is 24.9 Å². The molecule has 0 saturated heterocycles. The first-order valence-corrected chi connectivity index (χ1v) is 9.17. The van der Waals surface area contributed by atoms with E-state index in [0.717, 1.165) is 27.7 Å². The van der Waals surface area contributed by atoms with Crippen LogP contribution in [0.5, 0.6) is 11.5 Å². The van der Waals surface area contributed by atoms with E-state index in [1.54, 1.807) is 12.1 Å². The van der Waals surface area contributed by atoms with Gasteiger partial charge in [-0.1, -0.05) is 41.6 Å². The fourth-order valence-electron chi connectivity index (χ4n) is 2.62. The summed E-state index contributed by atoms with van der Waals surface area (Å²) in [6.45, 7) is -0.859. The molecule has 0 aliphatic carbocycles. The molecule has 0 aliphatic heterocycles. The lowest BCUT2D eigenvalue weighted by atomic mass is 10.1. The van der Waals surface area contributed by atoms with Crippen molar-refractivity contribution in [2.75, 3.05) is 7.11 Å². The number of hydrogen-bond acceptors (Lipinski definition) is 5. The van der Waals surface area contributed by atoms with Gasteiger partial charge in [0.1, 0.15) is 0 Å². The molecule has 5 nitrogen and oxygen atoms in total. The highest BCUT2D eigenvalue weighted by Gasteiger charge is 2.14. The second kappa shape index (κ2) is 8.39. The van der Waals surface area contributed by atoms with Gasteiger partial charge in [0, 0.05) is 18.4 Å². The van der Waals surface area contributed by atoms with Gasteiger partial charge in [0.25, 0.3) is 0 Å². The minimum atomic E-state index is -2.89. The van der Waals surface area contributed by atoms with Crippen LogP contribution in [0.25, 0.3) is 11.4 Å². The zero-order valence-electron chi connectivity index (χ0n) is 15.1. The number of hydrogen-bond donors (Lipinski definition) is 0. The number of aromatic nitrogens is 3. The predicted molar refractivity (Wildman–Crippen MR) is 100 cm³/mol. The van der Waals surface area contributed by atoms with Gasteiger partial charge in [-0.15, -0.1) is 10.2 Å². The van der Waals surface area contributed by atoms with Crippen LogP contribution in [0, 0.1) is 6.92 Å². The van der Waals surface area contributed by atoms with E-state index in [2.05, 4.69) is 21.0 Å². The summed E-state index contributed by atoms with van der Waals surface area (Å²) >= 11 is 1.50. The highest BCUT2D eigenvalue weighted by Crippen LogP contribution is 2.32. The minimum Gasteiger partial charge on any atom is -0.493 e. The maximum absolute atomic E-state index is 12.4. The third-order valence-corrected chi connectivity index (χ3v) is 5.01. The molecule has 2 aromatic carbocycles. The average molecular weight is 391 g/mol. The highest BCUT2D eigenvalue weighted by molar-refractivity contribution is 7.98. The van der Waals surface area contributed by atoms with Crippen molar-refractivity contribution >= 4 is 11.8 Å². The molecule has 0 aliphatic rings. The Balaban J connectivity index is 1.74. The number of aryl methyl sites for hydroxylation is 1. The number of methoxy groups -OCH3 is 1. The molecule has 0 bridgehead atoms. The minimum absolute atomic E-state index is 0.0154. The first kappa shape index (κ1) is 19.2. The molecule has 8 heteroatoms. The zero-order chi connectivity index (χ0) is 19.4. The van der Waals surface area contributed by atoms with Gasteiger partial charge in [-0.05, 0) is 30.7 Å². The molecule has 0 saturated carbocycles. The van der Waals surface area contributed by atoms with Gasteiger partial charge in [0.15, 0.2) is 22.5 Å². The van der Waals surface area contributed by atoms with Gasteiger partial charge in [0.05, 0.1) is 7.11 Å². The number of halogens is 2. The fourth-order valence-corrected chi connectivity index (χ4v) is 3.47. The monoisotopic (exact) mass is 391 g/mol. The van der Waals surface area contributed by atoms with Gasteiger partial charge in [-0.25, -0.2) is 0 Å². The number of thioether (sulfide) groups is 1. The number of nitrogens with zero attached hydrogens (tertiary/aromatic N) is 3. The van der Waals surface area contributed by atoms with Crippen LogP contribution in [-0.4, -0.2) is 28.5 Å². The third-order valence-electron chi connectivity index (χ3n) is 3.92. The first-order chi connectivity index (χ1) is 13.0. The van der Waals surface area contributed by atoms with Crippen molar-refractivity contribution < 1.29 is 18.3 Å². The Morgan fingerprint density at radius 2 is 1.93 bits per heavy atom. The first-order valence-electron chi connectivity index (χ1n) is 8.19. The second-order valence-corrected chi connectivity index (χ2v) is 6.83. The van der Waals surface area contributed by atoms with Gasteiger partial charge in [-0.2, -0.15) is 8.78 Å². The van der Waals surface area contributed by atoms with E-state index in [9.17, 15) is 8.78 Å². The summed E-state index contributed by atoms with van der Waals surface area (Å²) in [5.74, 6) is 1.67. The van der Waals surface area contributed by atoms with Gasteiger partial charge >= 0.3 is 6.61 Å². The lowest BCUT2D eigenvalue weighted by molar-refractivity contribution is -0.0512. The van der Waals surface area contributed by atoms with Crippen molar-refractivity contribution in [2.24, 2.45) is 7.05 Å². The quantitative estimate of drug-likeness (QED) is 0.547. The van der Waals surface area contributed by atoms with Gasteiger partial charge in [0.2, 0.25) is 0 Å². The summed E-state index contributed by atoms with van der Waals surface area (Å²) in [6, 6.07) is 13.0. The van der Waals surface area contributed by atoms with E-state index in [4.69, 9.17) is 4.74 Å². The molecule has 3 aromatic rings. The molecule has 1 aromatic heterocycles. The molecular weight excluding hydrogens is 372 g/mol. The molecule has 27 heavy (non-hydrogen) atoms. The van der Waals surface area contributed by atoms with E-state index < -0.39 is 6.61 Å². The Morgan fingerprint density at radius 1 is 1.11 bits per heavy atom. The highest BCUT2D eigenvalue weighted by atomic mass is 32.2. The predicted octanol–water partition coefficient (Wildman–Crippen LogP) is 4.69. The Labute approximate surface area is 160 Å². The van der Waals surface area contributed by atoms with Crippen LogP contribution in [0.4, 0.5) is 8.78 Å². The largest absolute Gasteiger partial charge is 0.493 e. The van der Waals surface area contributed by atoms with Crippen LogP contribution in [0.1, 0.15) is 11.1 Å². The maximum Gasteiger partial charge on any atom is 0.387 e. The summed E-state index contributed by atoms with van der Waals surface area (Å²) in [7, 11) is 3.33. The molecule has 0 amide bonds. The smallest absolute Gasteiger partial charge is 0.387 e. The maximum atomic E-state index is 12.4. The molecule has 1 heterocycles. The van der Waals surface area contributed by atoms with Crippen LogP contribution in [-0.2, 0) is 12.8 Å². The molecule has 0 atom stereocenters. The summed E-state index contributed by atoms with van der Waals surface area (Å²) in [5.41, 5.74) is 3.06. The van der Waals surface area contributed by atoms with Crippen LogP contribution < -0.4 is 9.47 Å². The van der Waals surface area contributed by atoms with E-state index in [-0.39, 0.29) is 11.5 Å². The summed E-state index contributed by atoms with van der Waals surface area (Å²) < 4.78 is 36.4. The molecule has 3 rings (SSSR count). The lowest BCUT2D eigenvalue weighted by Crippen LogP contribution is -2.03. The van der Waals surface area contributed by atoms with Crippen molar-refractivity contribution in [3.8, 4) is 22.9 Å². The standard InChI is InChI=1S/C19H19F2N3O2S/c1-12-5-4-6-14(9-12)17-22-23-19(24(17)2)27-11-13-7-8-15(26-18(20)21)16(10-13)25-3/h4-10,18H,11H2,1-3H3. The summed E-state index contributed by atoms with van der Waals surface area (Å²) in [5, 5.41) is 9.30. The number of rotatable bonds is 7. The molecule has 0 fully saturated rings. The molecule has 0 spiro atoms. The van der Waals surface area contributed by atoms with E-state index in [1.807, 2.05) is 36.7 Å². The van der Waals surface area contributed by atoms with Crippen LogP contribution in [0.3, 0.4) is 0 Å². The fraction of sp³-hybridized carbons (Fsp3) is 0.263. The summed E-state index contributed by atoms with van der Waals surface area (Å²) in [6.07, 6.45) is 0. The summed E-state index contributed by atoms with van der Waals surface area (Å²) in [4.78, 5) is 0. The van der Waals surface area contributed by atoms with Gasteiger partial charge < -0.3 is 14.0 Å². The Kier molecular flexibility index (Phi) is 5.95. The second-order valence-electron chi connectivity index (χ2n) is 5.89. The molecule has 142 valence electrons. The zero-order valence-corrected chi connectivity index (χ0v) is 16.0. The Morgan fingerprint density at radius 3 is 2.63 bits per heavy atom. The van der Waals surface area contributed by atoms with Crippen LogP contribution in [0.15, 0.2) is 47.6 Å². The SMILES string of the molecule is COc1cc(CSc2nnc(-c3cccc(C)c3)n2C)ccc1OC(F)F. The number of alkyl halides is 2. The molecule has 0 N–H and O–H groups in total. The van der Waals surface area contributed by atoms with E-state index in [0.29, 0.717) is 5.75 Å². The topological polar surface area (TPSA) is 49.2 Å². The Hall–Kier alpha value is -2.61. The van der Waals surface area contributed by atoms with Crippen molar-refractivity contribution in [2.45, 2.75) is 24.4 Å². The van der Waals surface area contributed by atoms with Crippen molar-refractivity contribution in [3.63, 3.8) is 0 Å². The normalized spacial score (nSPS) is 11.0. The molecule has 0 radical (unpaired) electrons. The van der Waals surface area contributed by atoms with Crippen molar-refractivity contribution in [1.29, 1.82) is 0 Å².